The summed E-state index contributed by atoms with van der Waals surface area (Å²) in [5.74, 6) is 0.724. The van der Waals surface area contributed by atoms with Crippen LogP contribution in [0.4, 0.5) is 0 Å². The SMILES string of the molecule is CCCN1CCc2[nH]nc(-c3ccc(OC(C)C)c(Cl)c3)c2C1. The van der Waals surface area contributed by atoms with E-state index in [2.05, 4.69) is 22.0 Å². The van der Waals surface area contributed by atoms with E-state index in [9.17, 15) is 0 Å². The fraction of sp³-hybridized carbons (Fsp3) is 0.500. The molecule has 0 bridgehead atoms. The molecule has 3 rings (SSSR count). The molecule has 0 unspecified atom stereocenters. The lowest BCUT2D eigenvalue weighted by atomic mass is 10.0. The lowest BCUT2D eigenvalue weighted by Gasteiger charge is -2.26. The van der Waals surface area contributed by atoms with Gasteiger partial charge in [-0.05, 0) is 45.0 Å². The van der Waals surface area contributed by atoms with Gasteiger partial charge in [0.2, 0.25) is 0 Å². The van der Waals surface area contributed by atoms with Gasteiger partial charge in [-0.3, -0.25) is 10.00 Å². The summed E-state index contributed by atoms with van der Waals surface area (Å²) in [5, 5.41) is 8.38. The third-order valence-electron chi connectivity index (χ3n) is 4.12. The Bertz CT molecular complexity index is 681. The molecule has 0 radical (unpaired) electrons. The zero-order valence-electron chi connectivity index (χ0n) is 14.0. The number of rotatable bonds is 5. The highest BCUT2D eigenvalue weighted by atomic mass is 35.5. The maximum atomic E-state index is 6.38. The number of benzene rings is 1. The highest BCUT2D eigenvalue weighted by Crippen LogP contribution is 2.34. The zero-order valence-corrected chi connectivity index (χ0v) is 14.8. The Balaban J connectivity index is 1.88. The van der Waals surface area contributed by atoms with Crippen molar-refractivity contribution in [3.05, 3.63) is 34.5 Å². The predicted octanol–water partition coefficient (Wildman–Crippen LogP) is 4.29. The van der Waals surface area contributed by atoms with Gasteiger partial charge in [0.05, 0.1) is 16.8 Å². The molecule has 0 saturated carbocycles. The first-order chi connectivity index (χ1) is 11.1. The van der Waals surface area contributed by atoms with E-state index in [1.165, 1.54) is 17.7 Å². The Kier molecular flexibility index (Phi) is 4.93. The van der Waals surface area contributed by atoms with E-state index in [4.69, 9.17) is 16.3 Å². The quantitative estimate of drug-likeness (QED) is 0.887. The van der Waals surface area contributed by atoms with Crippen molar-refractivity contribution in [3.63, 3.8) is 0 Å². The smallest absolute Gasteiger partial charge is 0.138 e. The third kappa shape index (κ3) is 3.54. The normalized spacial score (nSPS) is 15.0. The Morgan fingerprint density at radius 1 is 1.39 bits per heavy atom. The summed E-state index contributed by atoms with van der Waals surface area (Å²) in [6, 6.07) is 5.93. The minimum absolute atomic E-state index is 0.110. The molecule has 23 heavy (non-hydrogen) atoms. The number of ether oxygens (including phenoxy) is 1. The number of nitrogens with zero attached hydrogens (tertiary/aromatic N) is 2. The summed E-state index contributed by atoms with van der Waals surface area (Å²) in [7, 11) is 0. The van der Waals surface area contributed by atoms with Crippen molar-refractivity contribution in [1.82, 2.24) is 15.1 Å². The van der Waals surface area contributed by atoms with E-state index >= 15 is 0 Å². The predicted molar refractivity (Wildman–Crippen MR) is 94.1 cm³/mol. The monoisotopic (exact) mass is 333 g/mol. The minimum atomic E-state index is 0.110. The van der Waals surface area contributed by atoms with Gasteiger partial charge in [-0.15, -0.1) is 0 Å². The molecule has 2 aromatic rings. The molecule has 1 aromatic carbocycles. The van der Waals surface area contributed by atoms with Crippen LogP contribution in [0.3, 0.4) is 0 Å². The highest BCUT2D eigenvalue weighted by molar-refractivity contribution is 6.32. The van der Waals surface area contributed by atoms with E-state index in [1.54, 1.807) is 0 Å². The fourth-order valence-electron chi connectivity index (χ4n) is 3.09. The summed E-state index contributed by atoms with van der Waals surface area (Å²) >= 11 is 6.38. The number of halogens is 1. The molecule has 124 valence electrons. The van der Waals surface area contributed by atoms with Crippen LogP contribution in [-0.2, 0) is 13.0 Å². The van der Waals surface area contributed by atoms with Gasteiger partial charge >= 0.3 is 0 Å². The molecule has 0 fully saturated rings. The van der Waals surface area contributed by atoms with E-state index in [0.29, 0.717) is 5.02 Å². The first-order valence-corrected chi connectivity index (χ1v) is 8.71. The Morgan fingerprint density at radius 3 is 2.91 bits per heavy atom. The maximum Gasteiger partial charge on any atom is 0.138 e. The molecule has 1 aromatic heterocycles. The molecule has 4 nitrogen and oxygen atoms in total. The van der Waals surface area contributed by atoms with Crippen molar-refractivity contribution in [3.8, 4) is 17.0 Å². The molecule has 0 spiro atoms. The molecular weight excluding hydrogens is 310 g/mol. The number of aromatic amines is 1. The van der Waals surface area contributed by atoms with Gasteiger partial charge in [-0.2, -0.15) is 5.10 Å². The molecule has 5 heteroatoms. The van der Waals surface area contributed by atoms with Crippen LogP contribution < -0.4 is 4.74 Å². The second-order valence-electron chi connectivity index (χ2n) is 6.37. The maximum absolute atomic E-state index is 6.38. The molecule has 0 atom stereocenters. The average molecular weight is 334 g/mol. The lowest BCUT2D eigenvalue weighted by Crippen LogP contribution is -2.31. The number of H-pyrrole nitrogens is 1. The van der Waals surface area contributed by atoms with Crippen LogP contribution in [-0.4, -0.2) is 34.3 Å². The molecule has 2 heterocycles. The van der Waals surface area contributed by atoms with Crippen LogP contribution in [0.25, 0.3) is 11.3 Å². The standard InChI is InChI=1S/C18H24ClN3O/c1-4-8-22-9-7-16-14(11-22)18(21-20-16)13-5-6-17(15(19)10-13)23-12(2)3/h5-6,10,12H,4,7-9,11H2,1-3H3,(H,20,21). The molecule has 0 saturated heterocycles. The summed E-state index contributed by atoms with van der Waals surface area (Å²) in [5.41, 5.74) is 4.62. The van der Waals surface area contributed by atoms with Gasteiger partial charge in [0, 0.05) is 36.3 Å². The van der Waals surface area contributed by atoms with E-state index in [0.717, 1.165) is 43.1 Å². The molecule has 1 N–H and O–H groups in total. The minimum Gasteiger partial charge on any atom is -0.489 e. The Labute approximate surface area is 142 Å². The van der Waals surface area contributed by atoms with Gasteiger partial charge in [0.25, 0.3) is 0 Å². The van der Waals surface area contributed by atoms with Crippen LogP contribution in [0.1, 0.15) is 38.4 Å². The van der Waals surface area contributed by atoms with Crippen LogP contribution in [0.15, 0.2) is 18.2 Å². The van der Waals surface area contributed by atoms with Crippen molar-refractivity contribution in [2.75, 3.05) is 13.1 Å². The van der Waals surface area contributed by atoms with Crippen molar-refractivity contribution >= 4 is 11.6 Å². The first-order valence-electron chi connectivity index (χ1n) is 8.33. The van der Waals surface area contributed by atoms with Crippen LogP contribution in [0.2, 0.25) is 5.02 Å². The second kappa shape index (κ2) is 6.93. The van der Waals surface area contributed by atoms with Crippen molar-refractivity contribution in [2.24, 2.45) is 0 Å². The zero-order chi connectivity index (χ0) is 16.4. The molecular formula is C18H24ClN3O. The van der Waals surface area contributed by atoms with Gasteiger partial charge in [0.1, 0.15) is 5.75 Å². The van der Waals surface area contributed by atoms with Crippen molar-refractivity contribution in [2.45, 2.75) is 46.3 Å². The molecule has 0 aliphatic carbocycles. The lowest BCUT2D eigenvalue weighted by molar-refractivity contribution is 0.242. The summed E-state index contributed by atoms with van der Waals surface area (Å²) in [4.78, 5) is 2.49. The van der Waals surface area contributed by atoms with Gasteiger partial charge in [-0.25, -0.2) is 0 Å². The van der Waals surface area contributed by atoms with Crippen LogP contribution in [0, 0.1) is 0 Å². The number of hydrogen-bond donors (Lipinski definition) is 1. The number of fused-ring (bicyclic) bond motifs is 1. The van der Waals surface area contributed by atoms with E-state index < -0.39 is 0 Å². The molecule has 1 aliphatic heterocycles. The second-order valence-corrected chi connectivity index (χ2v) is 6.77. The fourth-order valence-corrected chi connectivity index (χ4v) is 3.32. The van der Waals surface area contributed by atoms with Gasteiger partial charge in [-0.1, -0.05) is 18.5 Å². The number of aromatic nitrogens is 2. The largest absolute Gasteiger partial charge is 0.489 e. The number of hydrogen-bond acceptors (Lipinski definition) is 3. The first kappa shape index (κ1) is 16.3. The van der Waals surface area contributed by atoms with E-state index in [-0.39, 0.29) is 6.10 Å². The Morgan fingerprint density at radius 2 is 2.22 bits per heavy atom. The average Bonchev–Trinajstić information content (AvgIpc) is 2.92. The third-order valence-corrected chi connectivity index (χ3v) is 4.42. The number of nitrogens with one attached hydrogen (secondary N) is 1. The molecule has 1 aliphatic rings. The van der Waals surface area contributed by atoms with Crippen molar-refractivity contribution < 1.29 is 4.74 Å². The molecule has 0 amide bonds. The van der Waals surface area contributed by atoms with E-state index in [1.807, 2.05) is 32.0 Å². The van der Waals surface area contributed by atoms with Gasteiger partial charge < -0.3 is 4.74 Å². The summed E-state index contributed by atoms with van der Waals surface area (Å²) in [6.07, 6.45) is 2.32. The topological polar surface area (TPSA) is 41.2 Å². The summed E-state index contributed by atoms with van der Waals surface area (Å²) in [6.45, 7) is 9.40. The Hall–Kier alpha value is -1.52. The van der Waals surface area contributed by atoms with Crippen LogP contribution >= 0.6 is 11.6 Å². The van der Waals surface area contributed by atoms with Crippen LogP contribution in [0.5, 0.6) is 5.75 Å². The highest BCUT2D eigenvalue weighted by Gasteiger charge is 2.22. The summed E-state index contributed by atoms with van der Waals surface area (Å²) < 4.78 is 5.71. The van der Waals surface area contributed by atoms with Gasteiger partial charge in [0.15, 0.2) is 0 Å². The van der Waals surface area contributed by atoms with Crippen molar-refractivity contribution in [1.29, 1.82) is 0 Å².